The molecule has 1 N–H and O–H groups in total. The minimum Gasteiger partial charge on any atom is -0.331 e. The average Bonchev–Trinajstić information content (AvgIpc) is 2.66. The quantitative estimate of drug-likeness (QED) is 0.613. The van der Waals surface area contributed by atoms with Crippen LogP contribution in [0.15, 0.2) is 0 Å². The highest BCUT2D eigenvalue weighted by Crippen LogP contribution is 2.33. The van der Waals surface area contributed by atoms with Crippen molar-refractivity contribution in [1.82, 2.24) is 10.2 Å². The number of amides is 2. The smallest absolute Gasteiger partial charge is 0.317 e. The molecule has 1 saturated carbocycles. The van der Waals surface area contributed by atoms with Gasteiger partial charge in [-0.1, -0.05) is 26.7 Å². The molecule has 2 aliphatic rings. The van der Waals surface area contributed by atoms with E-state index in [4.69, 9.17) is 0 Å². The highest BCUT2D eigenvalue weighted by Gasteiger charge is 2.42. The van der Waals surface area contributed by atoms with Crippen LogP contribution in [0, 0.1) is 0 Å². The lowest BCUT2D eigenvalue weighted by Crippen LogP contribution is -2.40. The molecule has 1 heterocycles. The largest absolute Gasteiger partial charge is 0.331 e. The average molecular weight is 184 g/mol. The first-order valence-corrected chi connectivity index (χ1v) is 5.25. The highest BCUT2D eigenvalue weighted by molar-refractivity contribution is 5.77. The second-order valence-corrected chi connectivity index (χ2v) is 3.77. The van der Waals surface area contributed by atoms with Crippen molar-refractivity contribution in [3.8, 4) is 0 Å². The summed E-state index contributed by atoms with van der Waals surface area (Å²) < 4.78 is 0. The molecule has 2 rings (SSSR count). The maximum atomic E-state index is 11.2. The van der Waals surface area contributed by atoms with E-state index in [1.165, 1.54) is 25.7 Å². The summed E-state index contributed by atoms with van der Waals surface area (Å²) in [6, 6.07) is 0.104. The van der Waals surface area contributed by atoms with Crippen molar-refractivity contribution < 1.29 is 4.79 Å². The standard InChI is InChI=1S/C8H14N2O.C2H6/c1-10-6-8(9-7(10)11)4-2-3-5-8;1-2/h2-6H2,1H3,(H,9,11);1-2H3. The van der Waals surface area contributed by atoms with Crippen LogP contribution >= 0.6 is 0 Å². The van der Waals surface area contributed by atoms with Gasteiger partial charge in [-0.2, -0.15) is 0 Å². The second kappa shape index (κ2) is 3.99. The molecular formula is C10H20N2O. The van der Waals surface area contributed by atoms with Crippen LogP contribution in [0.1, 0.15) is 39.5 Å². The summed E-state index contributed by atoms with van der Waals surface area (Å²) in [5.74, 6) is 0. The highest BCUT2D eigenvalue weighted by atomic mass is 16.2. The first-order valence-electron chi connectivity index (χ1n) is 5.25. The van der Waals surface area contributed by atoms with Gasteiger partial charge in [0.05, 0.1) is 5.54 Å². The zero-order valence-corrected chi connectivity index (χ0v) is 8.89. The van der Waals surface area contributed by atoms with Gasteiger partial charge in [-0.15, -0.1) is 0 Å². The molecular weight excluding hydrogens is 164 g/mol. The number of carbonyl (C=O) groups excluding carboxylic acids is 1. The molecule has 13 heavy (non-hydrogen) atoms. The van der Waals surface area contributed by atoms with Crippen molar-refractivity contribution in [2.24, 2.45) is 0 Å². The van der Waals surface area contributed by atoms with Gasteiger partial charge in [0, 0.05) is 13.6 Å². The van der Waals surface area contributed by atoms with E-state index in [1.54, 1.807) is 4.90 Å². The Morgan fingerprint density at radius 2 is 1.85 bits per heavy atom. The van der Waals surface area contributed by atoms with Crippen molar-refractivity contribution in [3.05, 3.63) is 0 Å². The van der Waals surface area contributed by atoms with Gasteiger partial charge < -0.3 is 10.2 Å². The number of hydrogen-bond donors (Lipinski definition) is 1. The maximum absolute atomic E-state index is 11.2. The van der Waals surface area contributed by atoms with E-state index in [0.29, 0.717) is 0 Å². The van der Waals surface area contributed by atoms with Crippen LogP contribution in [0.5, 0.6) is 0 Å². The lowest BCUT2D eigenvalue weighted by Gasteiger charge is -2.20. The number of nitrogens with zero attached hydrogens (tertiary/aromatic N) is 1. The Kier molecular flexibility index (Phi) is 3.17. The maximum Gasteiger partial charge on any atom is 0.317 e. The number of carbonyl (C=O) groups is 1. The summed E-state index contributed by atoms with van der Waals surface area (Å²) in [6.07, 6.45) is 4.88. The Balaban J connectivity index is 0.000000396. The molecule has 0 aromatic carbocycles. The molecule has 1 spiro atoms. The van der Waals surface area contributed by atoms with Crippen molar-refractivity contribution in [2.45, 2.75) is 45.1 Å². The Morgan fingerprint density at radius 3 is 2.23 bits per heavy atom. The topological polar surface area (TPSA) is 32.3 Å². The third-order valence-corrected chi connectivity index (χ3v) is 2.82. The molecule has 76 valence electrons. The summed E-state index contributed by atoms with van der Waals surface area (Å²) in [5, 5.41) is 3.07. The molecule has 0 radical (unpaired) electrons. The minimum absolute atomic E-state index is 0.104. The fraction of sp³-hybridized carbons (Fsp3) is 0.900. The predicted octanol–water partition coefficient (Wildman–Crippen LogP) is 1.98. The summed E-state index contributed by atoms with van der Waals surface area (Å²) >= 11 is 0. The first-order chi connectivity index (χ1) is 6.22. The van der Waals surface area contributed by atoms with Gasteiger partial charge in [0.25, 0.3) is 0 Å². The van der Waals surface area contributed by atoms with Gasteiger partial charge >= 0.3 is 6.03 Å². The molecule has 3 nitrogen and oxygen atoms in total. The molecule has 2 amide bonds. The molecule has 2 fully saturated rings. The number of hydrogen-bond acceptors (Lipinski definition) is 1. The van der Waals surface area contributed by atoms with Gasteiger partial charge in [0.1, 0.15) is 0 Å². The zero-order chi connectivity index (χ0) is 9.90. The van der Waals surface area contributed by atoms with E-state index in [0.717, 1.165) is 6.54 Å². The third-order valence-electron chi connectivity index (χ3n) is 2.82. The molecule has 3 heteroatoms. The summed E-state index contributed by atoms with van der Waals surface area (Å²) in [5.41, 5.74) is 0.159. The minimum atomic E-state index is 0.104. The second-order valence-electron chi connectivity index (χ2n) is 3.77. The van der Waals surface area contributed by atoms with Crippen molar-refractivity contribution in [3.63, 3.8) is 0 Å². The lowest BCUT2D eigenvalue weighted by atomic mass is 9.99. The Bertz CT molecular complexity index is 185. The van der Waals surface area contributed by atoms with Crippen LogP contribution in [0.25, 0.3) is 0 Å². The Hall–Kier alpha value is -0.730. The van der Waals surface area contributed by atoms with E-state index in [2.05, 4.69) is 5.32 Å². The molecule has 0 aromatic heterocycles. The monoisotopic (exact) mass is 184 g/mol. The molecule has 0 atom stereocenters. The van der Waals surface area contributed by atoms with Gasteiger partial charge in [0.2, 0.25) is 0 Å². The van der Waals surface area contributed by atoms with Crippen molar-refractivity contribution in [2.75, 3.05) is 13.6 Å². The first kappa shape index (κ1) is 10.4. The molecule has 0 bridgehead atoms. The fourth-order valence-corrected chi connectivity index (χ4v) is 2.22. The third kappa shape index (κ3) is 1.95. The summed E-state index contributed by atoms with van der Waals surface area (Å²) in [7, 11) is 1.86. The van der Waals surface area contributed by atoms with Crippen LogP contribution in [0.2, 0.25) is 0 Å². The van der Waals surface area contributed by atoms with Gasteiger partial charge in [-0.25, -0.2) is 4.79 Å². The number of nitrogens with one attached hydrogen (secondary N) is 1. The normalized spacial score (nSPS) is 24.2. The Morgan fingerprint density at radius 1 is 1.31 bits per heavy atom. The van der Waals surface area contributed by atoms with Crippen LogP contribution < -0.4 is 5.32 Å². The SMILES string of the molecule is CC.CN1CC2(CCCC2)NC1=O. The summed E-state index contributed by atoms with van der Waals surface area (Å²) in [4.78, 5) is 12.9. The molecule has 1 saturated heterocycles. The van der Waals surface area contributed by atoms with E-state index in [1.807, 2.05) is 20.9 Å². The molecule has 0 aromatic rings. The fourth-order valence-electron chi connectivity index (χ4n) is 2.22. The van der Waals surface area contributed by atoms with Gasteiger partial charge in [0.15, 0.2) is 0 Å². The van der Waals surface area contributed by atoms with Crippen LogP contribution in [0.4, 0.5) is 4.79 Å². The van der Waals surface area contributed by atoms with Gasteiger partial charge in [-0.3, -0.25) is 0 Å². The van der Waals surface area contributed by atoms with E-state index in [-0.39, 0.29) is 11.6 Å². The van der Waals surface area contributed by atoms with Crippen molar-refractivity contribution >= 4 is 6.03 Å². The van der Waals surface area contributed by atoms with E-state index in [9.17, 15) is 4.79 Å². The molecule has 1 aliphatic carbocycles. The zero-order valence-electron chi connectivity index (χ0n) is 8.89. The van der Waals surface area contributed by atoms with E-state index < -0.39 is 0 Å². The molecule has 0 unspecified atom stereocenters. The molecule has 1 aliphatic heterocycles. The van der Waals surface area contributed by atoms with Crippen LogP contribution in [-0.4, -0.2) is 30.1 Å². The summed E-state index contributed by atoms with van der Waals surface area (Å²) in [6.45, 7) is 4.91. The van der Waals surface area contributed by atoms with Gasteiger partial charge in [-0.05, 0) is 12.8 Å². The van der Waals surface area contributed by atoms with Crippen LogP contribution in [-0.2, 0) is 0 Å². The Labute approximate surface area is 80.5 Å². The van der Waals surface area contributed by atoms with Crippen LogP contribution in [0.3, 0.4) is 0 Å². The van der Waals surface area contributed by atoms with Crippen molar-refractivity contribution in [1.29, 1.82) is 0 Å². The number of urea groups is 1. The lowest BCUT2D eigenvalue weighted by molar-refractivity contribution is 0.226. The predicted molar refractivity (Wildman–Crippen MR) is 53.7 cm³/mol. The number of likely N-dealkylation sites (N-methyl/N-ethyl adjacent to an activating group) is 1. The number of rotatable bonds is 0. The van der Waals surface area contributed by atoms with E-state index >= 15 is 0 Å².